The number of rotatable bonds is 9. The van der Waals surface area contributed by atoms with Crippen molar-refractivity contribution >= 4 is 5.91 Å². The zero-order valence-corrected chi connectivity index (χ0v) is 13.7. The molecule has 1 heterocycles. The molecule has 2 aromatic rings. The van der Waals surface area contributed by atoms with Gasteiger partial charge in [-0.25, -0.2) is 0 Å². The minimum atomic E-state index is 0.186. The number of aromatic nitrogens is 1. The van der Waals surface area contributed by atoms with Crippen molar-refractivity contribution in [2.45, 2.75) is 19.3 Å². The Morgan fingerprint density at radius 3 is 2.43 bits per heavy atom. The molecule has 0 aliphatic rings. The summed E-state index contributed by atoms with van der Waals surface area (Å²) >= 11 is 0. The van der Waals surface area contributed by atoms with Gasteiger partial charge in [-0.3, -0.25) is 9.78 Å². The van der Waals surface area contributed by atoms with Crippen LogP contribution in [0.4, 0.5) is 0 Å². The standard InChI is InChI=1S/C19H25N3O/c1-22(16-11-18-8-13-20-14-9-18)19(23)10-15-21-12-7-17-5-3-2-4-6-17/h2-6,8-9,13-14,21H,7,10-12,15-16H2,1H3. The highest BCUT2D eigenvalue weighted by Crippen LogP contribution is 2.00. The first-order valence-electron chi connectivity index (χ1n) is 8.13. The number of pyridine rings is 1. The van der Waals surface area contributed by atoms with Crippen molar-refractivity contribution in [3.05, 3.63) is 66.0 Å². The Bertz CT molecular complexity index is 572. The van der Waals surface area contributed by atoms with Crippen LogP contribution in [0.5, 0.6) is 0 Å². The second-order valence-electron chi connectivity index (χ2n) is 5.66. The predicted octanol–water partition coefficient (Wildman–Crippen LogP) is 2.30. The molecule has 0 saturated heterocycles. The number of carbonyl (C=O) groups is 1. The molecule has 1 amide bonds. The molecule has 4 heteroatoms. The van der Waals surface area contributed by atoms with Gasteiger partial charge in [0.2, 0.25) is 5.91 Å². The largest absolute Gasteiger partial charge is 0.345 e. The van der Waals surface area contributed by atoms with Gasteiger partial charge in [0, 0.05) is 39.0 Å². The number of carbonyl (C=O) groups excluding carboxylic acids is 1. The Balaban J connectivity index is 1.57. The Kier molecular flexibility index (Phi) is 7.27. The van der Waals surface area contributed by atoms with Crippen molar-refractivity contribution in [3.8, 4) is 0 Å². The molecule has 0 saturated carbocycles. The van der Waals surface area contributed by atoms with Crippen LogP contribution in [0.25, 0.3) is 0 Å². The first-order valence-corrected chi connectivity index (χ1v) is 8.13. The quantitative estimate of drug-likeness (QED) is 0.723. The molecule has 1 N–H and O–H groups in total. The third kappa shape index (κ3) is 6.61. The van der Waals surface area contributed by atoms with Gasteiger partial charge >= 0.3 is 0 Å². The number of likely N-dealkylation sites (N-methyl/N-ethyl adjacent to an activating group) is 1. The minimum absolute atomic E-state index is 0.186. The van der Waals surface area contributed by atoms with Gasteiger partial charge in [-0.15, -0.1) is 0 Å². The van der Waals surface area contributed by atoms with E-state index in [4.69, 9.17) is 0 Å². The van der Waals surface area contributed by atoms with E-state index in [0.717, 1.165) is 32.5 Å². The molecule has 0 aliphatic heterocycles. The molecule has 0 aliphatic carbocycles. The highest BCUT2D eigenvalue weighted by Gasteiger charge is 2.08. The Morgan fingerprint density at radius 1 is 1.00 bits per heavy atom. The highest BCUT2D eigenvalue weighted by atomic mass is 16.2. The van der Waals surface area contributed by atoms with Crippen LogP contribution in [-0.4, -0.2) is 42.5 Å². The molecule has 0 fully saturated rings. The van der Waals surface area contributed by atoms with E-state index in [1.165, 1.54) is 11.1 Å². The molecular formula is C19H25N3O. The van der Waals surface area contributed by atoms with Gasteiger partial charge in [0.05, 0.1) is 0 Å². The number of nitrogens with zero attached hydrogens (tertiary/aromatic N) is 2. The van der Waals surface area contributed by atoms with Gasteiger partial charge in [0.15, 0.2) is 0 Å². The molecule has 0 atom stereocenters. The van der Waals surface area contributed by atoms with Crippen LogP contribution in [0.1, 0.15) is 17.5 Å². The maximum atomic E-state index is 12.1. The van der Waals surface area contributed by atoms with E-state index in [9.17, 15) is 4.79 Å². The molecule has 0 unspecified atom stereocenters. The lowest BCUT2D eigenvalue weighted by atomic mass is 10.1. The van der Waals surface area contributed by atoms with Crippen molar-refractivity contribution < 1.29 is 4.79 Å². The van der Waals surface area contributed by atoms with Gasteiger partial charge in [-0.05, 0) is 42.6 Å². The number of hydrogen-bond acceptors (Lipinski definition) is 3. The summed E-state index contributed by atoms with van der Waals surface area (Å²) in [7, 11) is 1.87. The van der Waals surface area contributed by atoms with Gasteiger partial charge in [0.1, 0.15) is 0 Å². The van der Waals surface area contributed by atoms with Crippen molar-refractivity contribution in [1.29, 1.82) is 0 Å². The Morgan fingerprint density at radius 2 is 1.70 bits per heavy atom. The van der Waals surface area contributed by atoms with Crippen LogP contribution in [0.3, 0.4) is 0 Å². The molecule has 2 rings (SSSR count). The molecule has 0 spiro atoms. The fourth-order valence-electron chi connectivity index (χ4n) is 2.36. The van der Waals surface area contributed by atoms with E-state index in [1.54, 1.807) is 17.3 Å². The van der Waals surface area contributed by atoms with E-state index >= 15 is 0 Å². The third-order valence-electron chi connectivity index (χ3n) is 3.86. The topological polar surface area (TPSA) is 45.2 Å². The second-order valence-corrected chi connectivity index (χ2v) is 5.66. The lowest BCUT2D eigenvalue weighted by Crippen LogP contribution is -2.32. The summed E-state index contributed by atoms with van der Waals surface area (Å²) in [5, 5.41) is 3.34. The number of benzene rings is 1. The van der Waals surface area contributed by atoms with E-state index in [-0.39, 0.29) is 5.91 Å². The van der Waals surface area contributed by atoms with E-state index < -0.39 is 0 Å². The number of nitrogens with one attached hydrogen (secondary N) is 1. The molecule has 4 nitrogen and oxygen atoms in total. The SMILES string of the molecule is CN(CCc1ccncc1)C(=O)CCNCCc1ccccc1. The summed E-state index contributed by atoms with van der Waals surface area (Å²) < 4.78 is 0. The van der Waals surface area contributed by atoms with Crippen molar-refractivity contribution in [2.75, 3.05) is 26.7 Å². The molecule has 0 radical (unpaired) electrons. The summed E-state index contributed by atoms with van der Waals surface area (Å²) in [6, 6.07) is 14.4. The van der Waals surface area contributed by atoms with E-state index in [0.29, 0.717) is 6.42 Å². The van der Waals surface area contributed by atoms with Crippen LogP contribution >= 0.6 is 0 Å². The molecule has 122 valence electrons. The lowest BCUT2D eigenvalue weighted by Gasteiger charge is -2.17. The molecule has 1 aromatic carbocycles. The van der Waals surface area contributed by atoms with Gasteiger partial charge in [-0.2, -0.15) is 0 Å². The van der Waals surface area contributed by atoms with Crippen LogP contribution in [0, 0.1) is 0 Å². The molecule has 1 aromatic heterocycles. The number of hydrogen-bond donors (Lipinski definition) is 1. The summed E-state index contributed by atoms with van der Waals surface area (Å²) in [6.07, 6.45) is 5.97. The predicted molar refractivity (Wildman–Crippen MR) is 93.2 cm³/mol. The number of amides is 1. The van der Waals surface area contributed by atoms with Crippen LogP contribution in [0.2, 0.25) is 0 Å². The molecule has 23 heavy (non-hydrogen) atoms. The third-order valence-corrected chi connectivity index (χ3v) is 3.86. The average molecular weight is 311 g/mol. The van der Waals surface area contributed by atoms with Crippen LogP contribution in [0.15, 0.2) is 54.9 Å². The monoisotopic (exact) mass is 311 g/mol. The molecular weight excluding hydrogens is 286 g/mol. The zero-order valence-electron chi connectivity index (χ0n) is 13.7. The average Bonchev–Trinajstić information content (AvgIpc) is 2.61. The summed E-state index contributed by atoms with van der Waals surface area (Å²) in [6.45, 7) is 2.37. The lowest BCUT2D eigenvalue weighted by molar-refractivity contribution is -0.129. The summed E-state index contributed by atoms with van der Waals surface area (Å²) in [5.41, 5.74) is 2.53. The van der Waals surface area contributed by atoms with Gasteiger partial charge < -0.3 is 10.2 Å². The van der Waals surface area contributed by atoms with Crippen LogP contribution in [-0.2, 0) is 17.6 Å². The van der Waals surface area contributed by atoms with Crippen molar-refractivity contribution in [2.24, 2.45) is 0 Å². The van der Waals surface area contributed by atoms with Gasteiger partial charge in [-0.1, -0.05) is 30.3 Å². The first kappa shape index (κ1) is 17.2. The molecule has 0 bridgehead atoms. The highest BCUT2D eigenvalue weighted by molar-refractivity contribution is 5.76. The fraction of sp³-hybridized carbons (Fsp3) is 0.368. The smallest absolute Gasteiger partial charge is 0.223 e. The van der Waals surface area contributed by atoms with Crippen LogP contribution < -0.4 is 5.32 Å². The maximum absolute atomic E-state index is 12.1. The Labute approximate surface area is 138 Å². The zero-order chi connectivity index (χ0) is 16.3. The van der Waals surface area contributed by atoms with Crippen molar-refractivity contribution in [1.82, 2.24) is 15.2 Å². The summed E-state index contributed by atoms with van der Waals surface area (Å²) in [4.78, 5) is 17.9. The maximum Gasteiger partial charge on any atom is 0.223 e. The van der Waals surface area contributed by atoms with Crippen molar-refractivity contribution in [3.63, 3.8) is 0 Å². The first-order chi connectivity index (χ1) is 11.3. The van der Waals surface area contributed by atoms with E-state index in [2.05, 4.69) is 34.6 Å². The minimum Gasteiger partial charge on any atom is -0.345 e. The van der Waals surface area contributed by atoms with E-state index in [1.807, 2.05) is 25.2 Å². The second kappa shape index (κ2) is 9.74. The Hall–Kier alpha value is -2.20. The van der Waals surface area contributed by atoms with Gasteiger partial charge in [0.25, 0.3) is 0 Å². The fourth-order valence-corrected chi connectivity index (χ4v) is 2.36. The summed E-state index contributed by atoms with van der Waals surface area (Å²) in [5.74, 6) is 0.186. The normalized spacial score (nSPS) is 10.5.